The zero-order chi connectivity index (χ0) is 12.1. The van der Waals surface area contributed by atoms with Gasteiger partial charge in [-0.1, -0.05) is 13.0 Å². The Bertz CT molecular complexity index is 482. The van der Waals surface area contributed by atoms with Crippen molar-refractivity contribution in [3.05, 3.63) is 40.1 Å². The third-order valence-corrected chi connectivity index (χ3v) is 3.54. The molecule has 2 aromatic heterocycles. The van der Waals surface area contributed by atoms with Gasteiger partial charge in [0, 0.05) is 10.9 Å². The van der Waals surface area contributed by atoms with Crippen molar-refractivity contribution in [1.29, 1.82) is 0 Å². The highest BCUT2D eigenvalue weighted by Gasteiger charge is 2.03. The fraction of sp³-hybridized carbons (Fsp3) is 0.308. The molecule has 17 heavy (non-hydrogen) atoms. The number of nitrogens with zero attached hydrogens (tertiary/aromatic N) is 1. The summed E-state index contributed by atoms with van der Waals surface area (Å²) in [5, 5.41) is 5.45. The number of hydrogen-bond acceptors (Lipinski definition) is 4. The molecule has 90 valence electrons. The van der Waals surface area contributed by atoms with E-state index in [9.17, 15) is 0 Å². The molecule has 0 bridgehead atoms. The average molecular weight is 248 g/mol. The Labute approximate surface area is 105 Å². The molecule has 0 amide bonds. The molecule has 0 saturated carbocycles. The summed E-state index contributed by atoms with van der Waals surface area (Å²) < 4.78 is 5.09. The highest BCUT2D eigenvalue weighted by atomic mass is 32.1. The molecular weight excluding hydrogens is 232 g/mol. The second-order valence-corrected chi connectivity index (χ2v) is 4.64. The number of ether oxygens (including phenoxy) is 1. The molecule has 4 heteroatoms. The van der Waals surface area contributed by atoms with E-state index < -0.39 is 0 Å². The van der Waals surface area contributed by atoms with Crippen LogP contribution in [0, 0.1) is 0 Å². The maximum absolute atomic E-state index is 5.09. The van der Waals surface area contributed by atoms with Crippen LogP contribution in [0.4, 0.5) is 5.82 Å². The smallest absolute Gasteiger partial charge is 0.214 e. The van der Waals surface area contributed by atoms with Crippen LogP contribution in [0.2, 0.25) is 0 Å². The number of nitrogens with one attached hydrogen (secondary N) is 1. The molecule has 0 radical (unpaired) electrons. The molecule has 1 N–H and O–H groups in total. The van der Waals surface area contributed by atoms with Crippen molar-refractivity contribution < 1.29 is 4.74 Å². The van der Waals surface area contributed by atoms with E-state index in [0.717, 1.165) is 18.8 Å². The molecular formula is C13H16N2OS. The number of anilines is 1. The minimum absolute atomic E-state index is 0.636. The summed E-state index contributed by atoms with van der Waals surface area (Å²) in [6, 6.07) is 7.90. The molecule has 0 spiro atoms. The predicted molar refractivity (Wildman–Crippen MR) is 71.8 cm³/mol. The first-order chi connectivity index (χ1) is 8.33. The van der Waals surface area contributed by atoms with Gasteiger partial charge in [0.15, 0.2) is 0 Å². The zero-order valence-corrected chi connectivity index (χ0v) is 10.9. The lowest BCUT2D eigenvalue weighted by Gasteiger charge is -2.07. The molecule has 0 saturated heterocycles. The SMILES string of the molecule is CCc1ccsc1CNc1cccc(OC)n1. The summed E-state index contributed by atoms with van der Waals surface area (Å²) >= 11 is 1.78. The lowest BCUT2D eigenvalue weighted by molar-refractivity contribution is 0.398. The van der Waals surface area contributed by atoms with Gasteiger partial charge in [0.1, 0.15) is 5.82 Å². The molecule has 0 aromatic carbocycles. The third kappa shape index (κ3) is 2.97. The van der Waals surface area contributed by atoms with E-state index in [4.69, 9.17) is 4.74 Å². The van der Waals surface area contributed by atoms with Gasteiger partial charge in [0.25, 0.3) is 0 Å². The number of thiophene rings is 1. The normalized spacial score (nSPS) is 10.2. The first kappa shape index (κ1) is 11.9. The summed E-state index contributed by atoms with van der Waals surface area (Å²) in [5.41, 5.74) is 1.41. The van der Waals surface area contributed by atoms with E-state index in [0.29, 0.717) is 5.88 Å². The van der Waals surface area contributed by atoms with Crippen molar-refractivity contribution in [2.24, 2.45) is 0 Å². The van der Waals surface area contributed by atoms with Crippen LogP contribution in [0.15, 0.2) is 29.6 Å². The second kappa shape index (κ2) is 5.68. The zero-order valence-electron chi connectivity index (χ0n) is 10.1. The fourth-order valence-electron chi connectivity index (χ4n) is 1.63. The van der Waals surface area contributed by atoms with E-state index in [1.54, 1.807) is 18.4 Å². The van der Waals surface area contributed by atoms with Gasteiger partial charge in [-0.3, -0.25) is 0 Å². The molecule has 0 fully saturated rings. The molecule has 0 atom stereocenters. The van der Waals surface area contributed by atoms with E-state index in [-0.39, 0.29) is 0 Å². The minimum atomic E-state index is 0.636. The van der Waals surface area contributed by atoms with Crippen molar-refractivity contribution in [2.75, 3.05) is 12.4 Å². The number of hydrogen-bond donors (Lipinski definition) is 1. The van der Waals surface area contributed by atoms with E-state index in [2.05, 4.69) is 28.7 Å². The van der Waals surface area contributed by atoms with Crippen molar-refractivity contribution in [3.8, 4) is 5.88 Å². The third-order valence-electron chi connectivity index (χ3n) is 2.58. The van der Waals surface area contributed by atoms with Crippen LogP contribution in [0.3, 0.4) is 0 Å². The predicted octanol–water partition coefficient (Wildman–Crippen LogP) is 3.33. The van der Waals surface area contributed by atoms with Gasteiger partial charge in [0.2, 0.25) is 5.88 Å². The van der Waals surface area contributed by atoms with Gasteiger partial charge in [-0.15, -0.1) is 11.3 Å². The first-order valence-corrected chi connectivity index (χ1v) is 6.51. The van der Waals surface area contributed by atoms with Crippen LogP contribution < -0.4 is 10.1 Å². The molecule has 2 aromatic rings. The van der Waals surface area contributed by atoms with Crippen LogP contribution in [0.1, 0.15) is 17.4 Å². The standard InChI is InChI=1S/C13H16N2OS/c1-3-10-7-8-17-11(10)9-14-12-5-4-6-13(15-12)16-2/h4-8H,3,9H2,1-2H3,(H,14,15). The number of pyridine rings is 1. The molecule has 2 rings (SSSR count). The van der Waals surface area contributed by atoms with E-state index >= 15 is 0 Å². The molecule has 0 aliphatic heterocycles. The Morgan fingerprint density at radius 1 is 1.35 bits per heavy atom. The van der Waals surface area contributed by atoms with Crippen molar-refractivity contribution in [3.63, 3.8) is 0 Å². The van der Waals surface area contributed by atoms with Gasteiger partial charge < -0.3 is 10.1 Å². The highest BCUT2D eigenvalue weighted by molar-refractivity contribution is 7.10. The first-order valence-electron chi connectivity index (χ1n) is 5.63. The largest absolute Gasteiger partial charge is 0.481 e. The summed E-state index contributed by atoms with van der Waals surface area (Å²) in [4.78, 5) is 5.69. The van der Waals surface area contributed by atoms with Crippen LogP contribution in [0.5, 0.6) is 5.88 Å². The minimum Gasteiger partial charge on any atom is -0.481 e. The maximum Gasteiger partial charge on any atom is 0.214 e. The molecule has 3 nitrogen and oxygen atoms in total. The average Bonchev–Trinajstić information content (AvgIpc) is 2.84. The summed E-state index contributed by atoms with van der Waals surface area (Å²) in [6.45, 7) is 3.00. The monoisotopic (exact) mass is 248 g/mol. The fourth-order valence-corrected chi connectivity index (χ4v) is 2.55. The van der Waals surface area contributed by atoms with Gasteiger partial charge in [-0.25, -0.2) is 0 Å². The maximum atomic E-state index is 5.09. The second-order valence-electron chi connectivity index (χ2n) is 3.64. The molecule has 0 unspecified atom stereocenters. The summed E-state index contributed by atoms with van der Waals surface area (Å²) in [5.74, 6) is 1.48. The Balaban J connectivity index is 2.02. The van der Waals surface area contributed by atoms with E-state index in [1.807, 2.05) is 18.2 Å². The number of rotatable bonds is 5. The van der Waals surface area contributed by atoms with Crippen LogP contribution in [-0.2, 0) is 13.0 Å². The Hall–Kier alpha value is -1.55. The molecule has 0 aliphatic rings. The van der Waals surface area contributed by atoms with Crippen molar-refractivity contribution >= 4 is 17.2 Å². The Kier molecular flexibility index (Phi) is 3.98. The lowest BCUT2D eigenvalue weighted by Crippen LogP contribution is -2.02. The Morgan fingerprint density at radius 3 is 3.00 bits per heavy atom. The molecule has 0 aliphatic carbocycles. The number of aryl methyl sites for hydroxylation is 1. The van der Waals surface area contributed by atoms with Crippen molar-refractivity contribution in [1.82, 2.24) is 4.98 Å². The van der Waals surface area contributed by atoms with Crippen LogP contribution in [0.25, 0.3) is 0 Å². The highest BCUT2D eigenvalue weighted by Crippen LogP contribution is 2.19. The quantitative estimate of drug-likeness (QED) is 0.881. The van der Waals surface area contributed by atoms with Gasteiger partial charge in [-0.05, 0) is 29.5 Å². The Morgan fingerprint density at radius 2 is 2.24 bits per heavy atom. The van der Waals surface area contributed by atoms with Crippen LogP contribution in [-0.4, -0.2) is 12.1 Å². The topological polar surface area (TPSA) is 34.1 Å². The van der Waals surface area contributed by atoms with Gasteiger partial charge in [-0.2, -0.15) is 4.98 Å². The van der Waals surface area contributed by atoms with Crippen LogP contribution >= 0.6 is 11.3 Å². The number of aromatic nitrogens is 1. The summed E-state index contributed by atoms with van der Waals surface area (Å²) in [7, 11) is 1.63. The number of methoxy groups -OCH3 is 1. The van der Waals surface area contributed by atoms with Gasteiger partial charge >= 0.3 is 0 Å². The molecule has 2 heterocycles. The summed E-state index contributed by atoms with van der Waals surface area (Å²) in [6.07, 6.45) is 1.08. The van der Waals surface area contributed by atoms with E-state index in [1.165, 1.54) is 10.4 Å². The lowest BCUT2D eigenvalue weighted by atomic mass is 10.2. The van der Waals surface area contributed by atoms with Gasteiger partial charge in [0.05, 0.1) is 13.7 Å². The van der Waals surface area contributed by atoms with Crippen molar-refractivity contribution in [2.45, 2.75) is 19.9 Å².